The number of hydrogen-bond acceptors (Lipinski definition) is 4. The molecule has 2 aromatic heterocycles. The Balaban J connectivity index is 1.97. The fraction of sp³-hybridized carbons (Fsp3) is 0.133. The van der Waals surface area contributed by atoms with Crippen molar-refractivity contribution in [1.29, 1.82) is 0 Å². The van der Waals surface area contributed by atoms with Gasteiger partial charge in [-0.2, -0.15) is 0 Å². The number of aromatic nitrogens is 2. The monoisotopic (exact) mass is 299 g/mol. The smallest absolute Gasteiger partial charge is 0.269 e. The molecule has 0 amide bonds. The molecule has 2 heterocycles. The first-order valence-corrected chi connectivity index (χ1v) is 7.30. The number of thiazole rings is 1. The molecule has 3 aromatic rings. The van der Waals surface area contributed by atoms with Crippen LogP contribution in [0.2, 0.25) is 0 Å². The lowest BCUT2D eigenvalue weighted by molar-refractivity contribution is -0.384. The third kappa shape index (κ3) is 2.45. The largest absolute Gasteiger partial charge is 0.295 e. The first kappa shape index (κ1) is 13.5. The Labute approximate surface area is 125 Å². The second-order valence-corrected chi connectivity index (χ2v) is 5.61. The molecule has 0 bridgehead atoms. The van der Waals surface area contributed by atoms with Crippen molar-refractivity contribution in [2.75, 3.05) is 0 Å². The normalized spacial score (nSPS) is 10.8. The maximum Gasteiger partial charge on any atom is 0.269 e. The summed E-state index contributed by atoms with van der Waals surface area (Å²) >= 11 is 1.56. The third-order valence-electron chi connectivity index (χ3n) is 3.33. The van der Waals surface area contributed by atoms with Crippen LogP contribution in [0.1, 0.15) is 11.4 Å². The Morgan fingerprint density at radius 1 is 1.10 bits per heavy atom. The highest BCUT2D eigenvalue weighted by atomic mass is 32.1. The molecule has 0 saturated heterocycles. The van der Waals surface area contributed by atoms with Gasteiger partial charge in [0.15, 0.2) is 5.13 Å². The molecule has 0 aliphatic rings. The van der Waals surface area contributed by atoms with E-state index in [0.29, 0.717) is 0 Å². The molecule has 0 saturated carbocycles. The lowest BCUT2D eigenvalue weighted by Gasteiger charge is -2.04. The minimum Gasteiger partial charge on any atom is -0.295 e. The average molecular weight is 299 g/mol. The molecular formula is C15H13N3O2S. The molecule has 0 aliphatic heterocycles. The molecule has 0 N–H and O–H groups in total. The maximum absolute atomic E-state index is 10.7. The van der Waals surface area contributed by atoms with E-state index in [1.807, 2.05) is 19.2 Å². The number of aryl methyl sites for hydroxylation is 2. The Morgan fingerprint density at radius 2 is 1.71 bits per heavy atom. The van der Waals surface area contributed by atoms with E-state index in [4.69, 9.17) is 0 Å². The Kier molecular flexibility index (Phi) is 3.31. The van der Waals surface area contributed by atoms with Crippen LogP contribution < -0.4 is 0 Å². The van der Waals surface area contributed by atoms with Gasteiger partial charge in [0.2, 0.25) is 0 Å². The van der Waals surface area contributed by atoms with Crippen LogP contribution in [-0.4, -0.2) is 14.5 Å². The highest BCUT2D eigenvalue weighted by molar-refractivity contribution is 7.12. The van der Waals surface area contributed by atoms with Crippen LogP contribution in [0.15, 0.2) is 41.8 Å². The fourth-order valence-corrected chi connectivity index (χ4v) is 3.17. The van der Waals surface area contributed by atoms with Crippen LogP contribution in [0.25, 0.3) is 16.4 Å². The van der Waals surface area contributed by atoms with E-state index in [2.05, 4.69) is 21.7 Å². The van der Waals surface area contributed by atoms with E-state index < -0.39 is 4.92 Å². The summed E-state index contributed by atoms with van der Waals surface area (Å²) in [6.45, 7) is 4.08. The van der Waals surface area contributed by atoms with Crippen molar-refractivity contribution < 1.29 is 4.92 Å². The van der Waals surface area contributed by atoms with Crippen molar-refractivity contribution >= 4 is 17.0 Å². The predicted molar refractivity (Wildman–Crippen MR) is 83.0 cm³/mol. The molecule has 21 heavy (non-hydrogen) atoms. The summed E-state index contributed by atoms with van der Waals surface area (Å²) in [4.78, 5) is 14.9. The third-order valence-corrected chi connectivity index (χ3v) is 4.15. The second-order valence-electron chi connectivity index (χ2n) is 4.77. The molecule has 0 radical (unpaired) electrons. The quantitative estimate of drug-likeness (QED) is 0.539. The number of benzene rings is 1. The van der Waals surface area contributed by atoms with E-state index in [9.17, 15) is 10.1 Å². The first-order chi connectivity index (χ1) is 10.1. The zero-order valence-corrected chi connectivity index (χ0v) is 12.4. The van der Waals surface area contributed by atoms with Crippen LogP contribution in [-0.2, 0) is 0 Å². The van der Waals surface area contributed by atoms with Gasteiger partial charge in [-0.05, 0) is 38.1 Å². The molecule has 0 aliphatic carbocycles. The number of non-ortho nitro benzene ring substituents is 1. The summed E-state index contributed by atoms with van der Waals surface area (Å²) in [6.07, 6.45) is 0. The summed E-state index contributed by atoms with van der Waals surface area (Å²) in [6, 6.07) is 10.6. The summed E-state index contributed by atoms with van der Waals surface area (Å²) in [7, 11) is 0. The number of nitro benzene ring substituents is 1. The zero-order chi connectivity index (χ0) is 15.0. The van der Waals surface area contributed by atoms with Gasteiger partial charge in [-0.1, -0.05) is 0 Å². The second kappa shape index (κ2) is 5.14. The van der Waals surface area contributed by atoms with E-state index in [0.717, 1.165) is 27.8 Å². The van der Waals surface area contributed by atoms with Crippen LogP contribution in [0, 0.1) is 24.0 Å². The Bertz CT molecular complexity index is 783. The standard InChI is InChI=1S/C15H13N3O2S/c1-10-3-4-11(2)17(10)15-16-14(9-21-15)12-5-7-13(8-6-12)18(19)20/h3-9H,1-2H3. The first-order valence-electron chi connectivity index (χ1n) is 6.42. The van der Waals surface area contributed by atoms with Crippen LogP contribution >= 0.6 is 11.3 Å². The van der Waals surface area contributed by atoms with Gasteiger partial charge in [-0.3, -0.25) is 14.7 Å². The van der Waals surface area contributed by atoms with Crippen molar-refractivity contribution in [3.8, 4) is 16.4 Å². The number of nitrogens with zero attached hydrogens (tertiary/aromatic N) is 3. The van der Waals surface area contributed by atoms with Gasteiger partial charge in [0.1, 0.15) is 0 Å². The van der Waals surface area contributed by atoms with Gasteiger partial charge in [-0.15, -0.1) is 11.3 Å². The van der Waals surface area contributed by atoms with E-state index in [1.165, 1.54) is 12.1 Å². The van der Waals surface area contributed by atoms with Crippen LogP contribution in [0.3, 0.4) is 0 Å². The highest BCUT2D eigenvalue weighted by Gasteiger charge is 2.11. The van der Waals surface area contributed by atoms with Gasteiger partial charge in [-0.25, -0.2) is 4.98 Å². The van der Waals surface area contributed by atoms with Gasteiger partial charge in [0.05, 0.1) is 10.6 Å². The molecule has 0 unspecified atom stereocenters. The summed E-state index contributed by atoms with van der Waals surface area (Å²) in [5.74, 6) is 0. The maximum atomic E-state index is 10.7. The zero-order valence-electron chi connectivity index (χ0n) is 11.6. The molecule has 1 aromatic carbocycles. The van der Waals surface area contributed by atoms with Crippen LogP contribution in [0.5, 0.6) is 0 Å². The molecule has 0 fully saturated rings. The molecule has 6 heteroatoms. The van der Waals surface area contributed by atoms with Gasteiger partial charge in [0.25, 0.3) is 5.69 Å². The van der Waals surface area contributed by atoms with Crippen LogP contribution in [0.4, 0.5) is 5.69 Å². The van der Waals surface area contributed by atoms with Gasteiger partial charge < -0.3 is 0 Å². The lowest BCUT2D eigenvalue weighted by atomic mass is 10.1. The Hall–Kier alpha value is -2.47. The van der Waals surface area contributed by atoms with E-state index in [1.54, 1.807) is 23.5 Å². The molecule has 0 atom stereocenters. The Morgan fingerprint density at radius 3 is 2.29 bits per heavy atom. The summed E-state index contributed by atoms with van der Waals surface area (Å²) in [5, 5.41) is 13.5. The minimum atomic E-state index is -0.400. The minimum absolute atomic E-state index is 0.0892. The van der Waals surface area contributed by atoms with Crippen molar-refractivity contribution in [3.63, 3.8) is 0 Å². The number of rotatable bonds is 3. The van der Waals surface area contributed by atoms with Crippen molar-refractivity contribution in [1.82, 2.24) is 9.55 Å². The molecule has 0 spiro atoms. The van der Waals surface area contributed by atoms with E-state index in [-0.39, 0.29) is 5.69 Å². The number of hydrogen-bond donors (Lipinski definition) is 0. The summed E-state index contributed by atoms with van der Waals surface area (Å²) in [5.41, 5.74) is 4.07. The average Bonchev–Trinajstić information content (AvgIpc) is 3.06. The molecule has 3 rings (SSSR count). The lowest BCUT2D eigenvalue weighted by Crippen LogP contribution is -1.97. The van der Waals surface area contributed by atoms with E-state index >= 15 is 0 Å². The highest BCUT2D eigenvalue weighted by Crippen LogP contribution is 2.27. The van der Waals surface area contributed by atoms with Crippen molar-refractivity contribution in [2.24, 2.45) is 0 Å². The number of nitro groups is 1. The fourth-order valence-electron chi connectivity index (χ4n) is 2.22. The van der Waals surface area contributed by atoms with Crippen molar-refractivity contribution in [2.45, 2.75) is 13.8 Å². The topological polar surface area (TPSA) is 61.0 Å². The SMILES string of the molecule is Cc1ccc(C)n1-c1nc(-c2ccc([N+](=O)[O-])cc2)cs1. The molecular weight excluding hydrogens is 286 g/mol. The molecule has 106 valence electrons. The molecule has 5 nitrogen and oxygen atoms in total. The van der Waals surface area contributed by atoms with Gasteiger partial charge in [0, 0.05) is 34.5 Å². The van der Waals surface area contributed by atoms with Gasteiger partial charge >= 0.3 is 0 Å². The summed E-state index contributed by atoms with van der Waals surface area (Å²) < 4.78 is 2.10. The van der Waals surface area contributed by atoms with Crippen molar-refractivity contribution in [3.05, 3.63) is 63.3 Å². The predicted octanol–water partition coefficient (Wildman–Crippen LogP) is 4.13.